The number of pyridine rings is 2. The van der Waals surface area contributed by atoms with Crippen LogP contribution in [0.3, 0.4) is 0 Å². The predicted octanol–water partition coefficient (Wildman–Crippen LogP) is 3.51. The van der Waals surface area contributed by atoms with Crippen molar-refractivity contribution in [3.63, 3.8) is 0 Å². The first-order valence-electron chi connectivity index (χ1n) is 8.19. The molecule has 130 valence electrons. The number of hydrogen-bond donors (Lipinski definition) is 2. The summed E-state index contributed by atoms with van der Waals surface area (Å²) in [7, 11) is 1.84. The number of nitrogens with zero attached hydrogens (tertiary/aromatic N) is 5. The number of aromatic nitrogens is 5. The van der Waals surface area contributed by atoms with Crippen LogP contribution in [-0.2, 0) is 7.05 Å². The molecule has 0 aliphatic rings. The second kappa shape index (κ2) is 6.11. The van der Waals surface area contributed by atoms with Gasteiger partial charge in [-0.25, -0.2) is 4.99 Å². The third kappa shape index (κ3) is 2.73. The zero-order chi connectivity index (χ0) is 18.3. The lowest BCUT2D eigenvalue weighted by Gasteiger charge is -2.05. The first-order chi connectivity index (χ1) is 12.5. The molecule has 0 aliphatic carbocycles. The van der Waals surface area contributed by atoms with Crippen molar-refractivity contribution in [1.29, 1.82) is 0 Å². The van der Waals surface area contributed by atoms with Crippen molar-refractivity contribution in [2.45, 2.75) is 13.8 Å². The highest BCUT2D eigenvalue weighted by Crippen LogP contribution is 2.31. The summed E-state index contributed by atoms with van der Waals surface area (Å²) in [5.41, 5.74) is 5.70. The van der Waals surface area contributed by atoms with Crippen LogP contribution in [0.15, 0.2) is 48.1 Å². The minimum Gasteiger partial charge on any atom is -0.494 e. The van der Waals surface area contributed by atoms with E-state index >= 15 is 0 Å². The summed E-state index contributed by atoms with van der Waals surface area (Å²) in [5.74, 6) is 0.0759. The molecule has 0 radical (unpaired) electrons. The molecular weight excluding hydrogens is 328 g/mol. The second-order valence-electron chi connectivity index (χ2n) is 6.22. The molecule has 7 heteroatoms. The van der Waals surface area contributed by atoms with E-state index in [4.69, 9.17) is 0 Å². The molecule has 0 saturated carbocycles. The molecular formula is C19H18N6O. The SMILES string of the molecule is CC(=Nc1cnn(C)c1)c1c(O)[nH]c2cnc(-c3cnccc3C)cc12. The first-order valence-corrected chi connectivity index (χ1v) is 8.19. The van der Waals surface area contributed by atoms with Crippen LogP contribution in [0.25, 0.3) is 22.2 Å². The van der Waals surface area contributed by atoms with Gasteiger partial charge in [0.15, 0.2) is 5.88 Å². The van der Waals surface area contributed by atoms with Gasteiger partial charge in [-0.3, -0.25) is 14.6 Å². The number of H-pyrrole nitrogens is 1. The summed E-state index contributed by atoms with van der Waals surface area (Å²) in [6.07, 6.45) is 8.78. The molecule has 26 heavy (non-hydrogen) atoms. The molecule has 0 aliphatic heterocycles. The monoisotopic (exact) mass is 346 g/mol. The highest BCUT2D eigenvalue weighted by Gasteiger charge is 2.16. The van der Waals surface area contributed by atoms with Gasteiger partial charge in [0.2, 0.25) is 0 Å². The number of aromatic hydroxyl groups is 1. The number of nitrogens with one attached hydrogen (secondary N) is 1. The second-order valence-corrected chi connectivity index (χ2v) is 6.22. The molecule has 0 amide bonds. The molecule has 0 saturated heterocycles. The fourth-order valence-corrected chi connectivity index (χ4v) is 3.04. The maximum absolute atomic E-state index is 10.4. The van der Waals surface area contributed by atoms with Crippen LogP contribution in [0, 0.1) is 6.92 Å². The van der Waals surface area contributed by atoms with Gasteiger partial charge in [-0.1, -0.05) is 0 Å². The van der Waals surface area contributed by atoms with Crippen molar-refractivity contribution in [2.24, 2.45) is 12.0 Å². The molecule has 0 fully saturated rings. The van der Waals surface area contributed by atoms with Gasteiger partial charge in [-0.05, 0) is 31.5 Å². The van der Waals surface area contributed by atoms with Crippen LogP contribution < -0.4 is 0 Å². The van der Waals surface area contributed by atoms with Gasteiger partial charge in [-0.2, -0.15) is 5.10 Å². The Bertz CT molecular complexity index is 1140. The van der Waals surface area contributed by atoms with E-state index in [0.29, 0.717) is 11.3 Å². The molecule has 0 unspecified atom stereocenters. The normalized spacial score (nSPS) is 12.0. The van der Waals surface area contributed by atoms with Crippen LogP contribution in [-0.4, -0.2) is 35.6 Å². The fourth-order valence-electron chi connectivity index (χ4n) is 3.04. The number of aliphatic imine (C=N–C) groups is 1. The van der Waals surface area contributed by atoms with E-state index in [1.54, 1.807) is 29.5 Å². The molecule has 0 bridgehead atoms. The van der Waals surface area contributed by atoms with Gasteiger partial charge < -0.3 is 10.1 Å². The van der Waals surface area contributed by atoms with Crippen LogP contribution in [0.1, 0.15) is 18.1 Å². The zero-order valence-corrected chi connectivity index (χ0v) is 14.7. The lowest BCUT2D eigenvalue weighted by atomic mass is 10.0. The Morgan fingerprint density at radius 3 is 2.85 bits per heavy atom. The van der Waals surface area contributed by atoms with Gasteiger partial charge in [-0.15, -0.1) is 0 Å². The smallest absolute Gasteiger partial charge is 0.198 e. The fraction of sp³-hybridized carbons (Fsp3) is 0.158. The van der Waals surface area contributed by atoms with E-state index in [0.717, 1.165) is 33.4 Å². The lowest BCUT2D eigenvalue weighted by molar-refractivity contribution is 0.457. The molecule has 0 spiro atoms. The third-order valence-corrected chi connectivity index (χ3v) is 4.33. The Morgan fingerprint density at radius 2 is 2.12 bits per heavy atom. The number of fused-ring (bicyclic) bond motifs is 1. The van der Waals surface area contributed by atoms with Crippen molar-refractivity contribution in [3.05, 3.63) is 54.2 Å². The summed E-state index contributed by atoms with van der Waals surface area (Å²) in [4.78, 5) is 16.2. The number of hydrogen-bond acceptors (Lipinski definition) is 5. The van der Waals surface area contributed by atoms with E-state index < -0.39 is 0 Å². The van der Waals surface area contributed by atoms with Crippen LogP contribution in [0.2, 0.25) is 0 Å². The van der Waals surface area contributed by atoms with Crippen molar-refractivity contribution < 1.29 is 5.11 Å². The van der Waals surface area contributed by atoms with Crippen LogP contribution in [0.4, 0.5) is 5.69 Å². The largest absolute Gasteiger partial charge is 0.494 e. The summed E-state index contributed by atoms with van der Waals surface area (Å²) in [6, 6.07) is 3.90. The van der Waals surface area contributed by atoms with E-state index in [2.05, 4.69) is 25.0 Å². The highest BCUT2D eigenvalue weighted by molar-refractivity contribution is 6.13. The maximum Gasteiger partial charge on any atom is 0.198 e. The maximum atomic E-state index is 10.4. The van der Waals surface area contributed by atoms with Gasteiger partial charge in [0.1, 0.15) is 5.69 Å². The van der Waals surface area contributed by atoms with E-state index in [1.165, 1.54) is 0 Å². The Balaban J connectivity index is 1.87. The Hall–Kier alpha value is -3.48. The van der Waals surface area contributed by atoms with E-state index in [1.807, 2.05) is 39.2 Å². The van der Waals surface area contributed by atoms with Crippen molar-refractivity contribution in [3.8, 4) is 17.1 Å². The molecule has 0 atom stereocenters. The summed E-state index contributed by atoms with van der Waals surface area (Å²) in [6.45, 7) is 3.89. The lowest BCUT2D eigenvalue weighted by Crippen LogP contribution is -1.94. The molecule has 0 aromatic carbocycles. The van der Waals surface area contributed by atoms with E-state index in [9.17, 15) is 5.11 Å². The zero-order valence-electron chi connectivity index (χ0n) is 14.7. The number of aryl methyl sites for hydroxylation is 2. The first kappa shape index (κ1) is 16.0. The number of aromatic amines is 1. The molecule has 4 aromatic heterocycles. The molecule has 4 aromatic rings. The Kier molecular flexibility index (Phi) is 3.76. The standard InChI is InChI=1S/C19H18N6O/c1-11-4-5-20-8-15(11)16-6-14-17(9-21-16)24-19(26)18(14)12(2)23-13-7-22-25(3)10-13/h4-10,24,26H,1-3H3. The number of rotatable bonds is 3. The van der Waals surface area contributed by atoms with Crippen molar-refractivity contribution >= 4 is 22.3 Å². The van der Waals surface area contributed by atoms with Gasteiger partial charge in [0.25, 0.3) is 0 Å². The van der Waals surface area contributed by atoms with E-state index in [-0.39, 0.29) is 5.88 Å². The average molecular weight is 346 g/mol. The average Bonchev–Trinajstić information content (AvgIpc) is 3.16. The van der Waals surface area contributed by atoms with Gasteiger partial charge >= 0.3 is 0 Å². The topological polar surface area (TPSA) is 92.0 Å². The summed E-state index contributed by atoms with van der Waals surface area (Å²) in [5, 5.41) is 15.4. The van der Waals surface area contributed by atoms with Gasteiger partial charge in [0, 0.05) is 30.4 Å². The predicted molar refractivity (Wildman–Crippen MR) is 101 cm³/mol. The van der Waals surface area contributed by atoms with Gasteiger partial charge in [0.05, 0.1) is 41.1 Å². The van der Waals surface area contributed by atoms with Crippen molar-refractivity contribution in [2.75, 3.05) is 0 Å². The Morgan fingerprint density at radius 1 is 1.27 bits per heavy atom. The Labute approximate surface area is 150 Å². The highest BCUT2D eigenvalue weighted by atomic mass is 16.3. The third-order valence-electron chi connectivity index (χ3n) is 4.33. The minimum atomic E-state index is 0.0759. The minimum absolute atomic E-state index is 0.0759. The van der Waals surface area contributed by atoms with Crippen molar-refractivity contribution in [1.82, 2.24) is 24.7 Å². The molecule has 2 N–H and O–H groups in total. The summed E-state index contributed by atoms with van der Waals surface area (Å²) >= 11 is 0. The molecule has 7 nitrogen and oxygen atoms in total. The van der Waals surface area contributed by atoms with Crippen LogP contribution >= 0.6 is 0 Å². The molecule has 4 heterocycles. The summed E-state index contributed by atoms with van der Waals surface area (Å²) < 4.78 is 1.69. The quantitative estimate of drug-likeness (QED) is 0.555. The van der Waals surface area contributed by atoms with Crippen LogP contribution in [0.5, 0.6) is 5.88 Å². The molecule has 4 rings (SSSR count).